The van der Waals surface area contributed by atoms with Gasteiger partial charge in [0, 0.05) is 23.0 Å². The molecule has 0 fully saturated rings. The van der Waals surface area contributed by atoms with Crippen molar-refractivity contribution >= 4 is 21.8 Å². The Morgan fingerprint density at radius 3 is 3.00 bits per heavy atom. The molecule has 5 heteroatoms. The van der Waals surface area contributed by atoms with Crippen molar-refractivity contribution in [1.29, 1.82) is 0 Å². The summed E-state index contributed by atoms with van der Waals surface area (Å²) in [5, 5.41) is 2.91. The molecular weight excluding hydrogens is 320 g/mol. The Hall–Kier alpha value is -1.07. The molecule has 0 saturated heterocycles. The third-order valence-electron chi connectivity index (χ3n) is 3.84. The molecule has 0 bridgehead atoms. The van der Waals surface area contributed by atoms with Crippen molar-refractivity contribution in [3.8, 4) is 5.75 Å². The normalized spacial score (nSPS) is 16.2. The van der Waals surface area contributed by atoms with E-state index >= 15 is 0 Å². The lowest BCUT2D eigenvalue weighted by molar-refractivity contribution is -0.123. The predicted molar refractivity (Wildman–Crippen MR) is 82.6 cm³/mol. The average Bonchev–Trinajstić information content (AvgIpc) is 2.90. The molecule has 1 aromatic carbocycles. The summed E-state index contributed by atoms with van der Waals surface area (Å²) in [5.74, 6) is 0.983. The van der Waals surface area contributed by atoms with Crippen LogP contribution in [0.15, 0.2) is 16.6 Å². The number of carbonyl (C=O) groups excluding carboxylic acids is 1. The Labute approximate surface area is 128 Å². The molecule has 0 unspecified atom stereocenters. The summed E-state index contributed by atoms with van der Waals surface area (Å²) >= 11 is 3.49. The van der Waals surface area contributed by atoms with Crippen LogP contribution in [0.25, 0.3) is 0 Å². The van der Waals surface area contributed by atoms with E-state index in [1.54, 1.807) is 0 Å². The standard InChI is InChI=1S/C15H21BrN2O2/c1-3-9(2)13(17)15(19)18-8-11-7-12(16)6-10-4-5-20-14(10)11/h6-7,9,13H,3-5,8,17H2,1-2H3,(H,18,19)/t9-,13-/m0/s1. The van der Waals surface area contributed by atoms with Gasteiger partial charge in [0.2, 0.25) is 5.91 Å². The van der Waals surface area contributed by atoms with Crippen molar-refractivity contribution in [3.05, 3.63) is 27.7 Å². The summed E-state index contributed by atoms with van der Waals surface area (Å²) < 4.78 is 6.65. The van der Waals surface area contributed by atoms with Crippen molar-refractivity contribution in [1.82, 2.24) is 5.32 Å². The monoisotopic (exact) mass is 340 g/mol. The lowest BCUT2D eigenvalue weighted by Gasteiger charge is -2.18. The molecular formula is C15H21BrN2O2. The van der Waals surface area contributed by atoms with Gasteiger partial charge in [-0.15, -0.1) is 0 Å². The van der Waals surface area contributed by atoms with Crippen LogP contribution in [-0.4, -0.2) is 18.6 Å². The minimum Gasteiger partial charge on any atom is -0.493 e. The van der Waals surface area contributed by atoms with E-state index in [4.69, 9.17) is 10.5 Å². The first-order valence-corrected chi connectivity index (χ1v) is 7.79. The molecule has 2 atom stereocenters. The van der Waals surface area contributed by atoms with E-state index in [9.17, 15) is 4.79 Å². The maximum Gasteiger partial charge on any atom is 0.237 e. The number of hydrogen-bond acceptors (Lipinski definition) is 3. The van der Waals surface area contributed by atoms with E-state index in [1.165, 1.54) is 5.56 Å². The predicted octanol–water partition coefficient (Wildman–Crippen LogP) is 2.37. The van der Waals surface area contributed by atoms with Crippen LogP contribution in [0.3, 0.4) is 0 Å². The second-order valence-electron chi connectivity index (χ2n) is 5.28. The molecule has 1 aliphatic heterocycles. The lowest BCUT2D eigenvalue weighted by atomic mass is 9.99. The second kappa shape index (κ2) is 6.59. The van der Waals surface area contributed by atoms with Gasteiger partial charge in [0.25, 0.3) is 0 Å². The molecule has 110 valence electrons. The lowest BCUT2D eigenvalue weighted by Crippen LogP contribution is -2.44. The van der Waals surface area contributed by atoms with Gasteiger partial charge in [0.15, 0.2) is 0 Å². The second-order valence-corrected chi connectivity index (χ2v) is 6.20. The SMILES string of the molecule is CC[C@H](C)[C@H](N)C(=O)NCc1cc(Br)cc2c1OCC2. The Kier molecular flexibility index (Phi) is 5.05. The zero-order chi connectivity index (χ0) is 14.7. The number of ether oxygens (including phenoxy) is 1. The first kappa shape index (κ1) is 15.3. The van der Waals surface area contributed by atoms with Crippen LogP contribution >= 0.6 is 15.9 Å². The molecule has 1 aliphatic rings. The third kappa shape index (κ3) is 3.33. The fraction of sp³-hybridized carbons (Fsp3) is 0.533. The zero-order valence-electron chi connectivity index (χ0n) is 11.9. The van der Waals surface area contributed by atoms with E-state index in [-0.39, 0.29) is 11.8 Å². The van der Waals surface area contributed by atoms with Gasteiger partial charge in [-0.05, 0) is 23.6 Å². The maximum atomic E-state index is 12.0. The number of nitrogens with two attached hydrogens (primary N) is 1. The van der Waals surface area contributed by atoms with Crippen molar-refractivity contribution in [3.63, 3.8) is 0 Å². The van der Waals surface area contributed by atoms with Crippen LogP contribution in [0.5, 0.6) is 5.75 Å². The summed E-state index contributed by atoms with van der Waals surface area (Å²) in [6.07, 6.45) is 1.81. The number of halogens is 1. The molecule has 2 rings (SSSR count). The Balaban J connectivity index is 2.03. The third-order valence-corrected chi connectivity index (χ3v) is 4.30. The molecule has 0 radical (unpaired) electrons. The fourth-order valence-electron chi connectivity index (χ4n) is 2.29. The molecule has 0 saturated carbocycles. The quantitative estimate of drug-likeness (QED) is 0.864. The van der Waals surface area contributed by atoms with Gasteiger partial charge < -0.3 is 15.8 Å². The topological polar surface area (TPSA) is 64.4 Å². The van der Waals surface area contributed by atoms with Gasteiger partial charge in [0.05, 0.1) is 12.6 Å². The number of nitrogens with one attached hydrogen (secondary N) is 1. The largest absolute Gasteiger partial charge is 0.493 e. The van der Waals surface area contributed by atoms with Crippen molar-refractivity contribution in [2.75, 3.05) is 6.61 Å². The summed E-state index contributed by atoms with van der Waals surface area (Å²) in [7, 11) is 0. The smallest absolute Gasteiger partial charge is 0.237 e. The van der Waals surface area contributed by atoms with E-state index in [2.05, 4.69) is 27.3 Å². The maximum absolute atomic E-state index is 12.0. The van der Waals surface area contributed by atoms with Crippen LogP contribution in [0.1, 0.15) is 31.4 Å². The number of carbonyl (C=O) groups is 1. The molecule has 3 N–H and O–H groups in total. The average molecular weight is 341 g/mol. The number of benzene rings is 1. The first-order chi connectivity index (χ1) is 9.52. The molecule has 1 heterocycles. The highest BCUT2D eigenvalue weighted by atomic mass is 79.9. The summed E-state index contributed by atoms with van der Waals surface area (Å²) in [6, 6.07) is 3.60. The van der Waals surface area contributed by atoms with Gasteiger partial charge in [-0.2, -0.15) is 0 Å². The molecule has 1 aromatic rings. The molecule has 1 amide bonds. The number of fused-ring (bicyclic) bond motifs is 1. The van der Waals surface area contributed by atoms with Crippen LogP contribution in [0.2, 0.25) is 0 Å². The minimum absolute atomic E-state index is 0.105. The molecule has 4 nitrogen and oxygen atoms in total. The fourth-order valence-corrected chi connectivity index (χ4v) is 2.84. The van der Waals surface area contributed by atoms with E-state index in [1.807, 2.05) is 19.9 Å². The Bertz CT molecular complexity index is 505. The minimum atomic E-state index is -0.457. The number of hydrogen-bond donors (Lipinski definition) is 2. The van der Waals surface area contributed by atoms with Crippen molar-refractivity contribution in [2.24, 2.45) is 11.7 Å². The van der Waals surface area contributed by atoms with E-state index in [0.717, 1.165) is 28.6 Å². The molecule has 0 aromatic heterocycles. The van der Waals surface area contributed by atoms with Crippen LogP contribution in [-0.2, 0) is 17.8 Å². The highest BCUT2D eigenvalue weighted by Gasteiger charge is 2.21. The Morgan fingerprint density at radius 2 is 2.30 bits per heavy atom. The number of amides is 1. The molecule has 20 heavy (non-hydrogen) atoms. The highest BCUT2D eigenvalue weighted by Crippen LogP contribution is 2.32. The summed E-state index contributed by atoms with van der Waals surface area (Å²) in [6.45, 7) is 5.18. The van der Waals surface area contributed by atoms with E-state index < -0.39 is 6.04 Å². The van der Waals surface area contributed by atoms with Gasteiger partial charge in [-0.25, -0.2) is 0 Å². The van der Waals surface area contributed by atoms with Crippen LogP contribution in [0, 0.1) is 5.92 Å². The zero-order valence-corrected chi connectivity index (χ0v) is 13.5. The van der Waals surface area contributed by atoms with Gasteiger partial charge in [0.1, 0.15) is 5.75 Å². The van der Waals surface area contributed by atoms with Gasteiger partial charge in [-0.1, -0.05) is 36.2 Å². The highest BCUT2D eigenvalue weighted by molar-refractivity contribution is 9.10. The summed E-state index contributed by atoms with van der Waals surface area (Å²) in [5.41, 5.74) is 8.11. The Morgan fingerprint density at radius 1 is 1.55 bits per heavy atom. The van der Waals surface area contributed by atoms with Crippen molar-refractivity contribution in [2.45, 2.75) is 39.3 Å². The first-order valence-electron chi connectivity index (χ1n) is 7.00. The van der Waals surface area contributed by atoms with Crippen molar-refractivity contribution < 1.29 is 9.53 Å². The molecule has 0 aliphatic carbocycles. The van der Waals surface area contributed by atoms with Crippen LogP contribution < -0.4 is 15.8 Å². The molecule has 0 spiro atoms. The number of rotatable bonds is 5. The van der Waals surface area contributed by atoms with Gasteiger partial charge >= 0.3 is 0 Å². The van der Waals surface area contributed by atoms with Gasteiger partial charge in [-0.3, -0.25) is 4.79 Å². The van der Waals surface area contributed by atoms with E-state index in [0.29, 0.717) is 13.2 Å². The van der Waals surface area contributed by atoms with Crippen LogP contribution in [0.4, 0.5) is 0 Å². The summed E-state index contributed by atoms with van der Waals surface area (Å²) in [4.78, 5) is 12.0.